The van der Waals surface area contributed by atoms with Gasteiger partial charge in [0.15, 0.2) is 5.84 Å². The predicted octanol–water partition coefficient (Wildman–Crippen LogP) is 3.47. The van der Waals surface area contributed by atoms with Gasteiger partial charge in [-0.05, 0) is 18.6 Å². The summed E-state index contributed by atoms with van der Waals surface area (Å²) in [6, 6.07) is 17.0. The summed E-state index contributed by atoms with van der Waals surface area (Å²) in [5.74, 6) is 0.365. The van der Waals surface area contributed by atoms with Gasteiger partial charge in [-0.1, -0.05) is 48.5 Å². The third-order valence-electron chi connectivity index (χ3n) is 3.00. The molecule has 0 aromatic heterocycles. The number of para-hydroxylation sites is 1. The Morgan fingerprint density at radius 1 is 0.950 bits per heavy atom. The number of aliphatic imine (C=N–C) groups is 1. The average Bonchev–Trinajstić information content (AvgIpc) is 2.46. The maximum absolute atomic E-state index is 12.5. The molecule has 0 spiro atoms. The summed E-state index contributed by atoms with van der Waals surface area (Å²) in [6.07, 6.45) is 0. The van der Waals surface area contributed by atoms with E-state index in [2.05, 4.69) is 4.99 Å². The smallest absolute Gasteiger partial charge is 0.228 e. The van der Waals surface area contributed by atoms with Crippen LogP contribution in [0.5, 0.6) is 0 Å². The number of nitrogens with zero attached hydrogens (tertiary/aromatic N) is 2. The van der Waals surface area contributed by atoms with Gasteiger partial charge < -0.3 is 4.90 Å². The average molecular weight is 266 g/mol. The second-order valence-corrected chi connectivity index (χ2v) is 4.81. The first-order chi connectivity index (χ1) is 9.59. The van der Waals surface area contributed by atoms with Gasteiger partial charge >= 0.3 is 0 Å². The molecular weight excluding hydrogens is 248 g/mol. The van der Waals surface area contributed by atoms with E-state index in [0.717, 1.165) is 11.3 Å². The summed E-state index contributed by atoms with van der Waals surface area (Å²) in [6.45, 7) is 1.99. The molecule has 0 bridgehead atoms. The molecule has 102 valence electrons. The highest BCUT2D eigenvalue weighted by Crippen LogP contribution is 2.18. The number of ketones is 1. The molecule has 0 unspecified atom stereocenters. The van der Waals surface area contributed by atoms with Gasteiger partial charge in [0, 0.05) is 19.7 Å². The molecule has 0 saturated heterocycles. The van der Waals surface area contributed by atoms with Gasteiger partial charge in [-0.2, -0.15) is 0 Å². The lowest BCUT2D eigenvalue weighted by atomic mass is 10.1. The zero-order chi connectivity index (χ0) is 14.5. The van der Waals surface area contributed by atoms with E-state index in [9.17, 15) is 4.79 Å². The second kappa shape index (κ2) is 6.15. The first-order valence-corrected chi connectivity index (χ1v) is 6.51. The summed E-state index contributed by atoms with van der Waals surface area (Å²) in [5.41, 5.74) is 2.52. The SMILES string of the molecule is Cc1ccccc1N=C(C(=O)c1ccccc1)N(C)C. The fourth-order valence-electron chi connectivity index (χ4n) is 1.88. The maximum Gasteiger partial charge on any atom is 0.228 e. The summed E-state index contributed by atoms with van der Waals surface area (Å²) in [7, 11) is 3.66. The standard InChI is InChI=1S/C17H18N2O/c1-13-9-7-8-12-15(13)18-17(19(2)3)16(20)14-10-5-4-6-11-14/h4-12H,1-3H3. The van der Waals surface area contributed by atoms with Crippen molar-refractivity contribution in [3.05, 3.63) is 65.7 Å². The molecule has 0 aliphatic heterocycles. The monoisotopic (exact) mass is 266 g/mol. The van der Waals surface area contributed by atoms with Gasteiger partial charge in [-0.3, -0.25) is 4.79 Å². The van der Waals surface area contributed by atoms with Crippen molar-refractivity contribution in [3.8, 4) is 0 Å². The minimum atomic E-state index is -0.0705. The van der Waals surface area contributed by atoms with Crippen LogP contribution in [0.1, 0.15) is 15.9 Å². The number of likely N-dealkylation sites (N-methyl/N-ethyl adjacent to an activating group) is 1. The minimum Gasteiger partial charge on any atom is -0.359 e. The molecule has 2 aromatic rings. The van der Waals surface area contributed by atoms with Crippen molar-refractivity contribution in [3.63, 3.8) is 0 Å². The van der Waals surface area contributed by atoms with Crippen molar-refractivity contribution < 1.29 is 4.79 Å². The molecule has 0 aliphatic carbocycles. The summed E-state index contributed by atoms with van der Waals surface area (Å²) in [5, 5.41) is 0. The number of amidine groups is 1. The van der Waals surface area contributed by atoms with Crippen molar-refractivity contribution in [2.75, 3.05) is 14.1 Å². The zero-order valence-corrected chi connectivity index (χ0v) is 12.0. The lowest BCUT2D eigenvalue weighted by molar-refractivity contribution is 0.105. The lowest BCUT2D eigenvalue weighted by Crippen LogP contribution is -2.30. The maximum atomic E-state index is 12.5. The highest BCUT2D eigenvalue weighted by atomic mass is 16.1. The molecule has 0 aliphatic rings. The van der Waals surface area contributed by atoms with E-state index in [0.29, 0.717) is 11.4 Å². The van der Waals surface area contributed by atoms with Gasteiger partial charge in [0.05, 0.1) is 5.69 Å². The lowest BCUT2D eigenvalue weighted by Gasteiger charge is -2.15. The van der Waals surface area contributed by atoms with E-state index in [1.807, 2.05) is 63.5 Å². The van der Waals surface area contributed by atoms with E-state index >= 15 is 0 Å². The number of hydrogen-bond acceptors (Lipinski definition) is 2. The number of aryl methyl sites for hydroxylation is 1. The predicted molar refractivity (Wildman–Crippen MR) is 82.7 cm³/mol. The van der Waals surface area contributed by atoms with Gasteiger partial charge in [0.1, 0.15) is 0 Å². The Morgan fingerprint density at radius 3 is 2.15 bits per heavy atom. The Kier molecular flexibility index (Phi) is 4.31. The number of hydrogen-bond donors (Lipinski definition) is 0. The molecule has 0 N–H and O–H groups in total. The van der Waals surface area contributed by atoms with Crippen molar-refractivity contribution >= 4 is 17.3 Å². The number of benzene rings is 2. The van der Waals surface area contributed by atoms with Crippen molar-refractivity contribution in [1.29, 1.82) is 0 Å². The highest BCUT2D eigenvalue weighted by molar-refractivity contribution is 6.45. The van der Waals surface area contributed by atoms with Gasteiger partial charge in [0.2, 0.25) is 5.78 Å². The molecule has 0 radical (unpaired) electrons. The number of Topliss-reactive ketones (excluding diaryl/α,β-unsaturated/α-hetero) is 1. The fourth-order valence-corrected chi connectivity index (χ4v) is 1.88. The van der Waals surface area contributed by atoms with Crippen molar-refractivity contribution in [1.82, 2.24) is 4.90 Å². The normalized spacial score (nSPS) is 11.2. The van der Waals surface area contributed by atoms with Gasteiger partial charge in [-0.25, -0.2) is 4.99 Å². The molecule has 3 nitrogen and oxygen atoms in total. The quantitative estimate of drug-likeness (QED) is 0.484. The Labute approximate surface area is 119 Å². The molecule has 20 heavy (non-hydrogen) atoms. The van der Waals surface area contributed by atoms with E-state index < -0.39 is 0 Å². The third-order valence-corrected chi connectivity index (χ3v) is 3.00. The van der Waals surface area contributed by atoms with E-state index in [-0.39, 0.29) is 5.78 Å². The Hall–Kier alpha value is -2.42. The van der Waals surface area contributed by atoms with Crippen LogP contribution in [0.4, 0.5) is 5.69 Å². The van der Waals surface area contributed by atoms with Gasteiger partial charge in [0.25, 0.3) is 0 Å². The van der Waals surface area contributed by atoms with Crippen LogP contribution in [0.2, 0.25) is 0 Å². The van der Waals surface area contributed by atoms with Gasteiger partial charge in [-0.15, -0.1) is 0 Å². The molecule has 2 aromatic carbocycles. The van der Waals surface area contributed by atoms with E-state index in [1.165, 1.54) is 0 Å². The van der Waals surface area contributed by atoms with Crippen LogP contribution in [0.3, 0.4) is 0 Å². The zero-order valence-electron chi connectivity index (χ0n) is 12.0. The second-order valence-electron chi connectivity index (χ2n) is 4.81. The largest absolute Gasteiger partial charge is 0.359 e. The van der Waals surface area contributed by atoms with Crippen molar-refractivity contribution in [2.24, 2.45) is 4.99 Å². The van der Waals surface area contributed by atoms with Crippen LogP contribution in [-0.2, 0) is 0 Å². The van der Waals surface area contributed by atoms with Crippen LogP contribution in [0.25, 0.3) is 0 Å². The van der Waals surface area contributed by atoms with E-state index in [4.69, 9.17) is 0 Å². The first kappa shape index (κ1) is 14.0. The van der Waals surface area contributed by atoms with E-state index in [1.54, 1.807) is 17.0 Å². The molecular formula is C17H18N2O. The summed E-state index contributed by atoms with van der Waals surface area (Å²) >= 11 is 0. The van der Waals surface area contributed by atoms with Crippen LogP contribution in [0.15, 0.2) is 59.6 Å². The van der Waals surface area contributed by atoms with Crippen LogP contribution >= 0.6 is 0 Å². The summed E-state index contributed by atoms with van der Waals surface area (Å²) in [4.78, 5) is 18.8. The molecule has 0 heterocycles. The molecule has 0 saturated carbocycles. The Bertz CT molecular complexity index is 630. The van der Waals surface area contributed by atoms with Crippen molar-refractivity contribution in [2.45, 2.75) is 6.92 Å². The molecule has 0 amide bonds. The van der Waals surface area contributed by atoms with Crippen LogP contribution < -0.4 is 0 Å². The Balaban J connectivity index is 2.43. The molecule has 0 atom stereocenters. The minimum absolute atomic E-state index is 0.0705. The fraction of sp³-hybridized carbons (Fsp3) is 0.176. The van der Waals surface area contributed by atoms with Crippen LogP contribution in [0, 0.1) is 6.92 Å². The third kappa shape index (κ3) is 3.12. The Morgan fingerprint density at radius 2 is 1.55 bits per heavy atom. The number of carbonyl (C=O) groups excluding carboxylic acids is 1. The molecule has 3 heteroatoms. The highest BCUT2D eigenvalue weighted by Gasteiger charge is 2.16. The number of carbonyl (C=O) groups is 1. The molecule has 2 rings (SSSR count). The molecule has 0 fully saturated rings. The summed E-state index contributed by atoms with van der Waals surface area (Å²) < 4.78 is 0. The topological polar surface area (TPSA) is 32.7 Å². The van der Waals surface area contributed by atoms with Crippen LogP contribution in [-0.4, -0.2) is 30.6 Å². The number of rotatable bonds is 3. The first-order valence-electron chi connectivity index (χ1n) is 6.51.